The van der Waals surface area contributed by atoms with Crippen molar-refractivity contribution < 1.29 is 19.4 Å². The van der Waals surface area contributed by atoms with Crippen LogP contribution in [-0.4, -0.2) is 51.6 Å². The molecule has 2 amide bonds. The molecule has 1 radical (unpaired) electrons. The topological polar surface area (TPSA) is 119 Å². The van der Waals surface area contributed by atoms with Crippen LogP contribution in [0.2, 0.25) is 0 Å². The molecule has 22 heavy (non-hydrogen) atoms. The second-order valence-corrected chi connectivity index (χ2v) is 6.00. The highest BCUT2D eigenvalue weighted by Crippen LogP contribution is 2.15. The Labute approximate surface area is 128 Å². The minimum absolute atomic E-state index is 0.0464. The van der Waals surface area contributed by atoms with E-state index >= 15 is 0 Å². The molecule has 1 aliphatic heterocycles. The number of primary amides is 1. The number of rotatable bonds is 6. The van der Waals surface area contributed by atoms with Crippen molar-refractivity contribution in [2.45, 2.75) is 44.9 Å². The standard InChI is InChI=1S/C14H21N4O4/c1-14(2,21)8-16-13(20)11-6-10(12(15)19)17-18(11)7-9-4-3-5-22-9/h9,21H,3-5,7-8H2,1-2H3,(H2,15,19)(H,16,20). The Hall–Kier alpha value is -1.93. The van der Waals surface area contributed by atoms with Gasteiger partial charge in [0.05, 0.1) is 24.3 Å². The van der Waals surface area contributed by atoms with Gasteiger partial charge in [-0.1, -0.05) is 0 Å². The molecule has 1 atom stereocenters. The maximum absolute atomic E-state index is 12.2. The molecule has 1 unspecified atom stereocenters. The van der Waals surface area contributed by atoms with Crippen LogP contribution >= 0.6 is 0 Å². The molecule has 4 N–H and O–H groups in total. The van der Waals surface area contributed by atoms with Crippen LogP contribution in [0.25, 0.3) is 0 Å². The van der Waals surface area contributed by atoms with Crippen molar-refractivity contribution >= 4 is 11.8 Å². The molecule has 1 aliphatic rings. The summed E-state index contributed by atoms with van der Waals surface area (Å²) in [5.74, 6) is -1.22. The lowest BCUT2D eigenvalue weighted by Gasteiger charge is -2.18. The summed E-state index contributed by atoms with van der Waals surface area (Å²) in [6.07, 6.45) is 1.78. The third kappa shape index (κ3) is 4.28. The van der Waals surface area contributed by atoms with Gasteiger partial charge in [-0.3, -0.25) is 14.3 Å². The first-order chi connectivity index (χ1) is 10.3. The third-order valence-corrected chi connectivity index (χ3v) is 3.25. The highest BCUT2D eigenvalue weighted by atomic mass is 16.5. The molecule has 2 heterocycles. The highest BCUT2D eigenvalue weighted by Gasteiger charge is 2.24. The molecule has 1 saturated heterocycles. The largest absolute Gasteiger partial charge is 0.389 e. The molecular weight excluding hydrogens is 288 g/mol. The van der Waals surface area contributed by atoms with E-state index in [1.807, 2.05) is 0 Å². The van der Waals surface area contributed by atoms with Crippen LogP contribution in [0.4, 0.5) is 0 Å². The number of hydrogen-bond donors (Lipinski definition) is 3. The summed E-state index contributed by atoms with van der Waals surface area (Å²) in [6.45, 7) is 4.26. The molecule has 0 saturated carbocycles. The van der Waals surface area contributed by atoms with Gasteiger partial charge in [0.15, 0.2) is 5.69 Å². The molecule has 1 aromatic rings. The molecule has 8 heteroatoms. The van der Waals surface area contributed by atoms with Gasteiger partial charge in [0.25, 0.3) is 11.8 Å². The van der Waals surface area contributed by atoms with Crippen molar-refractivity contribution in [3.63, 3.8) is 0 Å². The Bertz CT molecular complexity index is 556. The molecular formula is C14H21N4O4. The summed E-state index contributed by atoms with van der Waals surface area (Å²) < 4.78 is 6.90. The predicted molar refractivity (Wildman–Crippen MR) is 77.2 cm³/mol. The second-order valence-electron chi connectivity index (χ2n) is 6.00. The number of nitrogens with zero attached hydrogens (tertiary/aromatic N) is 2. The Kier molecular flexibility index (Phi) is 4.82. The molecule has 2 rings (SSSR count). The van der Waals surface area contributed by atoms with Gasteiger partial charge in [0.2, 0.25) is 0 Å². The van der Waals surface area contributed by atoms with E-state index in [9.17, 15) is 14.7 Å². The smallest absolute Gasteiger partial charge is 0.270 e. The quantitative estimate of drug-likeness (QED) is 0.652. The van der Waals surface area contributed by atoms with E-state index in [2.05, 4.69) is 16.5 Å². The van der Waals surface area contributed by atoms with E-state index < -0.39 is 17.4 Å². The van der Waals surface area contributed by atoms with Crippen molar-refractivity contribution in [1.82, 2.24) is 15.1 Å². The van der Waals surface area contributed by atoms with Gasteiger partial charge in [0, 0.05) is 13.2 Å². The normalized spacial score (nSPS) is 18.4. The van der Waals surface area contributed by atoms with E-state index in [1.165, 1.54) is 4.68 Å². The van der Waals surface area contributed by atoms with Gasteiger partial charge < -0.3 is 20.9 Å². The van der Waals surface area contributed by atoms with Crippen LogP contribution in [-0.2, 0) is 11.3 Å². The third-order valence-electron chi connectivity index (χ3n) is 3.25. The fourth-order valence-electron chi connectivity index (χ4n) is 2.15. The maximum Gasteiger partial charge on any atom is 0.270 e. The Morgan fingerprint density at radius 2 is 2.32 bits per heavy atom. The van der Waals surface area contributed by atoms with Crippen LogP contribution in [0.5, 0.6) is 0 Å². The van der Waals surface area contributed by atoms with Crippen molar-refractivity contribution in [3.8, 4) is 0 Å². The van der Waals surface area contributed by atoms with Gasteiger partial charge in [-0.25, -0.2) is 0 Å². The molecule has 0 spiro atoms. The Balaban J connectivity index is 2.16. The van der Waals surface area contributed by atoms with Gasteiger partial charge in [-0.15, -0.1) is 0 Å². The number of hydrogen-bond acceptors (Lipinski definition) is 5. The van der Waals surface area contributed by atoms with Gasteiger partial charge in [0.1, 0.15) is 5.69 Å². The number of aromatic nitrogens is 2. The predicted octanol–water partition coefficient (Wildman–Crippen LogP) is -0.538. The average Bonchev–Trinajstić information content (AvgIpc) is 3.05. The van der Waals surface area contributed by atoms with Crippen LogP contribution in [0, 0.1) is 6.07 Å². The molecule has 8 nitrogen and oxygen atoms in total. The number of aliphatic hydroxyl groups is 1. The number of amides is 2. The van der Waals surface area contributed by atoms with Crippen molar-refractivity contribution in [2.75, 3.05) is 13.2 Å². The van der Waals surface area contributed by atoms with Gasteiger partial charge >= 0.3 is 0 Å². The first kappa shape index (κ1) is 16.4. The van der Waals surface area contributed by atoms with Crippen LogP contribution in [0.1, 0.15) is 47.7 Å². The minimum Gasteiger partial charge on any atom is -0.389 e. The Morgan fingerprint density at radius 3 is 2.86 bits per heavy atom. The van der Waals surface area contributed by atoms with E-state index in [4.69, 9.17) is 10.5 Å². The monoisotopic (exact) mass is 309 g/mol. The number of nitrogens with one attached hydrogen (secondary N) is 1. The lowest BCUT2D eigenvalue weighted by atomic mass is 10.1. The van der Waals surface area contributed by atoms with E-state index in [0.717, 1.165) is 12.8 Å². The van der Waals surface area contributed by atoms with E-state index in [1.54, 1.807) is 13.8 Å². The average molecular weight is 309 g/mol. The minimum atomic E-state index is -1.04. The summed E-state index contributed by atoms with van der Waals surface area (Å²) in [6, 6.07) is 2.62. The second kappa shape index (κ2) is 6.45. The Morgan fingerprint density at radius 1 is 1.59 bits per heavy atom. The maximum atomic E-state index is 12.2. The zero-order valence-electron chi connectivity index (χ0n) is 12.8. The number of carbonyl (C=O) groups is 2. The van der Waals surface area contributed by atoms with Crippen molar-refractivity contribution in [1.29, 1.82) is 0 Å². The summed E-state index contributed by atoms with van der Waals surface area (Å²) in [5.41, 5.74) is 4.17. The molecule has 0 aliphatic carbocycles. The molecule has 121 valence electrons. The van der Waals surface area contributed by atoms with Crippen molar-refractivity contribution in [2.24, 2.45) is 5.73 Å². The molecule has 0 bridgehead atoms. The zero-order valence-corrected chi connectivity index (χ0v) is 12.8. The number of carbonyl (C=O) groups excluding carboxylic acids is 2. The summed E-state index contributed by atoms with van der Waals surface area (Å²) in [5, 5.41) is 16.3. The summed E-state index contributed by atoms with van der Waals surface area (Å²) >= 11 is 0. The SMILES string of the molecule is CC(C)(O)CNC(=O)c1[c]c(C(N)=O)nn1CC1CCCO1. The van der Waals surface area contributed by atoms with Crippen molar-refractivity contribution in [3.05, 3.63) is 17.5 Å². The molecule has 0 aromatic carbocycles. The first-order valence-corrected chi connectivity index (χ1v) is 7.18. The van der Waals surface area contributed by atoms with Gasteiger partial charge in [-0.05, 0) is 26.7 Å². The first-order valence-electron chi connectivity index (χ1n) is 7.18. The van der Waals surface area contributed by atoms with Crippen LogP contribution in [0.15, 0.2) is 0 Å². The summed E-state index contributed by atoms with van der Waals surface area (Å²) in [4.78, 5) is 23.5. The number of nitrogens with two attached hydrogens (primary N) is 1. The van der Waals surface area contributed by atoms with E-state index in [-0.39, 0.29) is 24.0 Å². The molecule has 1 fully saturated rings. The zero-order chi connectivity index (χ0) is 16.3. The summed E-state index contributed by atoms with van der Waals surface area (Å²) in [7, 11) is 0. The lowest BCUT2D eigenvalue weighted by Crippen LogP contribution is -2.39. The van der Waals surface area contributed by atoms with Crippen LogP contribution in [0.3, 0.4) is 0 Å². The van der Waals surface area contributed by atoms with E-state index in [0.29, 0.717) is 13.2 Å². The number of ether oxygens (including phenoxy) is 1. The highest BCUT2D eigenvalue weighted by molar-refractivity contribution is 5.96. The fourth-order valence-corrected chi connectivity index (χ4v) is 2.15. The molecule has 1 aromatic heterocycles. The van der Waals surface area contributed by atoms with Gasteiger partial charge in [-0.2, -0.15) is 5.10 Å². The lowest BCUT2D eigenvalue weighted by molar-refractivity contribution is 0.0679. The fraction of sp³-hybridized carbons (Fsp3) is 0.643. The van der Waals surface area contributed by atoms with Crippen LogP contribution < -0.4 is 11.1 Å².